The summed E-state index contributed by atoms with van der Waals surface area (Å²) in [5, 5.41) is 10.3. The molecule has 0 amide bonds. The zero-order valence-corrected chi connectivity index (χ0v) is 20.2. The fourth-order valence-corrected chi connectivity index (χ4v) is 2.96. The van der Waals surface area contributed by atoms with Gasteiger partial charge in [0.25, 0.3) is 5.89 Å². The summed E-state index contributed by atoms with van der Waals surface area (Å²) in [5.41, 5.74) is 2.44. The van der Waals surface area contributed by atoms with Crippen molar-refractivity contribution in [3.63, 3.8) is 0 Å². The van der Waals surface area contributed by atoms with E-state index in [0.717, 1.165) is 24.0 Å². The minimum absolute atomic E-state index is 0. The first-order valence-corrected chi connectivity index (χ1v) is 9.98. The Labute approximate surface area is 202 Å². The van der Waals surface area contributed by atoms with E-state index in [1.807, 2.05) is 24.3 Å². The molecule has 0 saturated carbocycles. The molecule has 1 aromatic heterocycles. The highest BCUT2D eigenvalue weighted by molar-refractivity contribution is 14.0. The lowest BCUT2D eigenvalue weighted by molar-refractivity contribution is -0.0504. The quantitative estimate of drug-likeness (QED) is 0.224. The number of rotatable bonds is 9. The van der Waals surface area contributed by atoms with E-state index in [9.17, 15) is 8.78 Å². The van der Waals surface area contributed by atoms with Crippen LogP contribution < -0.4 is 15.4 Å². The molecule has 0 aliphatic rings. The molecule has 7 nitrogen and oxygen atoms in total. The van der Waals surface area contributed by atoms with Crippen LogP contribution in [-0.4, -0.2) is 29.8 Å². The smallest absolute Gasteiger partial charge is 0.387 e. The number of guanidine groups is 1. The van der Waals surface area contributed by atoms with Crippen molar-refractivity contribution < 1.29 is 18.0 Å². The summed E-state index contributed by atoms with van der Waals surface area (Å²) in [6, 6.07) is 14.4. The van der Waals surface area contributed by atoms with Crippen molar-refractivity contribution in [1.29, 1.82) is 0 Å². The predicted molar refractivity (Wildman–Crippen MR) is 129 cm³/mol. The molecule has 32 heavy (non-hydrogen) atoms. The van der Waals surface area contributed by atoms with Crippen molar-refractivity contribution in [1.82, 2.24) is 20.8 Å². The Balaban J connectivity index is 0.00000363. The highest BCUT2D eigenvalue weighted by Gasteiger charge is 2.11. The molecule has 0 unspecified atom stereocenters. The Bertz CT molecular complexity index is 1010. The van der Waals surface area contributed by atoms with Crippen LogP contribution in [0, 0.1) is 0 Å². The second-order valence-corrected chi connectivity index (χ2v) is 6.73. The molecule has 3 rings (SSSR count). The Morgan fingerprint density at radius 3 is 2.66 bits per heavy atom. The molecule has 2 N–H and O–H groups in total. The van der Waals surface area contributed by atoms with E-state index in [1.165, 1.54) is 6.07 Å². The third-order valence-corrected chi connectivity index (χ3v) is 4.43. The van der Waals surface area contributed by atoms with Crippen molar-refractivity contribution in [2.75, 3.05) is 7.05 Å². The molecule has 0 aliphatic heterocycles. The molecule has 3 aromatic rings. The van der Waals surface area contributed by atoms with Gasteiger partial charge < -0.3 is 19.9 Å². The highest BCUT2D eigenvalue weighted by atomic mass is 127. The van der Waals surface area contributed by atoms with Crippen molar-refractivity contribution in [2.45, 2.75) is 39.5 Å². The van der Waals surface area contributed by atoms with Crippen molar-refractivity contribution >= 4 is 29.9 Å². The van der Waals surface area contributed by atoms with Crippen LogP contribution in [0.1, 0.15) is 30.3 Å². The molecular weight excluding hydrogens is 531 g/mol. The van der Waals surface area contributed by atoms with E-state index in [4.69, 9.17) is 4.52 Å². The topological polar surface area (TPSA) is 84.6 Å². The molecule has 1 heterocycles. The average molecular weight is 557 g/mol. The Hall–Kier alpha value is -2.76. The molecule has 0 aliphatic carbocycles. The van der Waals surface area contributed by atoms with Gasteiger partial charge in [0.2, 0.25) is 0 Å². The van der Waals surface area contributed by atoms with Crippen LogP contribution in [-0.2, 0) is 19.5 Å². The van der Waals surface area contributed by atoms with Gasteiger partial charge in [0.05, 0.1) is 0 Å². The van der Waals surface area contributed by atoms with Gasteiger partial charge in [-0.05, 0) is 30.2 Å². The lowest BCUT2D eigenvalue weighted by Gasteiger charge is -2.14. The summed E-state index contributed by atoms with van der Waals surface area (Å²) >= 11 is 0. The number of halogens is 3. The third-order valence-electron chi connectivity index (χ3n) is 4.43. The number of benzene rings is 2. The lowest BCUT2D eigenvalue weighted by Crippen LogP contribution is -2.36. The van der Waals surface area contributed by atoms with E-state index in [1.54, 1.807) is 25.2 Å². The number of aliphatic imine (C=N–C) groups is 1. The van der Waals surface area contributed by atoms with Gasteiger partial charge in [-0.1, -0.05) is 42.4 Å². The van der Waals surface area contributed by atoms with Gasteiger partial charge in [-0.15, -0.1) is 24.0 Å². The Morgan fingerprint density at radius 1 is 1.12 bits per heavy atom. The van der Waals surface area contributed by atoms with Crippen LogP contribution >= 0.6 is 24.0 Å². The maximum Gasteiger partial charge on any atom is 0.387 e. The van der Waals surface area contributed by atoms with E-state index in [-0.39, 0.29) is 36.3 Å². The van der Waals surface area contributed by atoms with Gasteiger partial charge in [-0.3, -0.25) is 4.99 Å². The largest absolute Gasteiger partial charge is 0.434 e. The minimum Gasteiger partial charge on any atom is -0.434 e. The number of aromatic nitrogens is 2. The van der Waals surface area contributed by atoms with Gasteiger partial charge in [0.1, 0.15) is 5.75 Å². The molecule has 0 atom stereocenters. The molecule has 0 saturated heterocycles. The summed E-state index contributed by atoms with van der Waals surface area (Å²) in [6.45, 7) is -0.0281. The molecule has 172 valence electrons. The summed E-state index contributed by atoms with van der Waals surface area (Å²) in [7, 11) is 1.64. The zero-order chi connectivity index (χ0) is 22.1. The molecule has 0 radical (unpaired) electrons. The van der Waals surface area contributed by atoms with Crippen molar-refractivity contribution in [3.8, 4) is 17.2 Å². The number of ether oxygens (including phenoxy) is 1. The second-order valence-electron chi connectivity index (χ2n) is 6.73. The summed E-state index contributed by atoms with van der Waals surface area (Å²) < 4.78 is 35.1. The van der Waals surface area contributed by atoms with E-state index in [2.05, 4.69) is 37.4 Å². The van der Waals surface area contributed by atoms with E-state index in [0.29, 0.717) is 29.8 Å². The Morgan fingerprint density at radius 2 is 1.91 bits per heavy atom. The second kappa shape index (κ2) is 12.9. The normalized spacial score (nSPS) is 11.2. The number of aryl methyl sites for hydroxylation is 1. The number of nitrogens with one attached hydrogen (secondary N) is 2. The molecule has 0 fully saturated rings. The highest BCUT2D eigenvalue weighted by Crippen LogP contribution is 2.20. The van der Waals surface area contributed by atoms with Crippen molar-refractivity contribution in [3.05, 3.63) is 65.5 Å². The molecule has 10 heteroatoms. The number of alkyl halides is 2. The number of para-hydroxylation sites is 1. The zero-order valence-electron chi connectivity index (χ0n) is 17.8. The summed E-state index contributed by atoms with van der Waals surface area (Å²) in [6.07, 6.45) is 1.73. The van der Waals surface area contributed by atoms with Crippen LogP contribution in [0.5, 0.6) is 5.75 Å². The first kappa shape index (κ1) is 25.5. The van der Waals surface area contributed by atoms with Crippen LogP contribution in [0.4, 0.5) is 8.78 Å². The van der Waals surface area contributed by atoms with Gasteiger partial charge in [-0.2, -0.15) is 13.8 Å². The standard InChI is InChI=1S/C22H25F2N5O2.HI/c1-3-7-19-28-20(31-29-19)16-10-6-8-15(12-16)13-26-22(25-2)27-14-17-9-4-5-11-18(17)30-21(23)24;/h4-6,8-12,21H,3,7,13-14H2,1-2H3,(H2,25,26,27);1H. The van der Waals surface area contributed by atoms with Crippen LogP contribution in [0.15, 0.2) is 58.0 Å². The number of hydrogen-bond acceptors (Lipinski definition) is 5. The lowest BCUT2D eigenvalue weighted by atomic mass is 10.1. The van der Waals surface area contributed by atoms with Crippen LogP contribution in [0.25, 0.3) is 11.5 Å². The van der Waals surface area contributed by atoms with Gasteiger partial charge >= 0.3 is 6.61 Å². The number of hydrogen-bond donors (Lipinski definition) is 2. The number of nitrogens with zero attached hydrogens (tertiary/aromatic N) is 3. The maximum atomic E-state index is 12.6. The third kappa shape index (κ3) is 7.43. The molecule has 0 bridgehead atoms. The monoisotopic (exact) mass is 557 g/mol. The Kier molecular flexibility index (Phi) is 10.3. The van der Waals surface area contributed by atoms with E-state index < -0.39 is 6.61 Å². The first-order chi connectivity index (χ1) is 15.1. The molecule has 2 aromatic carbocycles. The van der Waals surface area contributed by atoms with Crippen LogP contribution in [0.2, 0.25) is 0 Å². The van der Waals surface area contributed by atoms with Crippen LogP contribution in [0.3, 0.4) is 0 Å². The fraction of sp³-hybridized carbons (Fsp3) is 0.318. The first-order valence-electron chi connectivity index (χ1n) is 9.98. The molecular formula is C22H26F2IN5O2. The summed E-state index contributed by atoms with van der Waals surface area (Å²) in [5.74, 6) is 1.85. The maximum absolute atomic E-state index is 12.6. The van der Waals surface area contributed by atoms with Gasteiger partial charge in [0.15, 0.2) is 11.8 Å². The van der Waals surface area contributed by atoms with Crippen molar-refractivity contribution in [2.24, 2.45) is 4.99 Å². The average Bonchev–Trinajstić information content (AvgIpc) is 3.24. The SMILES string of the molecule is CCCc1noc(-c2cccc(CNC(=NC)NCc3ccccc3OC(F)F)c2)n1.I. The molecule has 0 spiro atoms. The van der Waals surface area contributed by atoms with Gasteiger partial charge in [-0.25, -0.2) is 0 Å². The summed E-state index contributed by atoms with van der Waals surface area (Å²) in [4.78, 5) is 8.59. The fourth-order valence-electron chi connectivity index (χ4n) is 2.96. The predicted octanol–water partition coefficient (Wildman–Crippen LogP) is 4.77. The van der Waals surface area contributed by atoms with Gasteiger partial charge in [0, 0.05) is 37.7 Å². The minimum atomic E-state index is -2.87. The van der Waals surface area contributed by atoms with E-state index >= 15 is 0 Å².